The Morgan fingerprint density at radius 1 is 0.500 bits per heavy atom. The van der Waals surface area contributed by atoms with Gasteiger partial charge >= 0.3 is 15.6 Å². The molecule has 0 heterocycles. The van der Waals surface area contributed by atoms with Crippen molar-refractivity contribution in [2.45, 2.75) is 18.3 Å². The van der Waals surface area contributed by atoms with Crippen LogP contribution in [0.3, 0.4) is 0 Å². The highest BCUT2D eigenvalue weighted by atomic mass is 32.2. The minimum absolute atomic E-state index is 0.0961. The molecule has 0 atom stereocenters. The second-order valence-electron chi connectivity index (χ2n) is 12.5. The molecule has 5 nitrogen and oxygen atoms in total. The molecule has 0 N–H and O–H groups in total. The molecule has 1 aliphatic rings. The minimum atomic E-state index is -6.07. The zero-order chi connectivity index (χ0) is 35.9. The Labute approximate surface area is 299 Å². The molecule has 0 amide bonds. The molecule has 0 spiro atoms. The molecule has 0 radical (unpaired) electrons. The van der Waals surface area contributed by atoms with Crippen molar-refractivity contribution in [2.75, 3.05) is 9.80 Å². The van der Waals surface area contributed by atoms with Crippen LogP contribution < -0.4 is 14.0 Å². The zero-order valence-electron chi connectivity index (χ0n) is 27.7. The zero-order valence-corrected chi connectivity index (χ0v) is 28.5. The maximum Gasteiger partial charge on any atom is 0.534 e. The van der Waals surface area contributed by atoms with Crippen LogP contribution in [-0.4, -0.2) is 13.9 Å². The standard InChI is InChI=1S/C43H31F3N2O3S/c44-43(45,46)52(49,50)51-41-21-11-20-40(42(41)48(35-17-5-2-6-18-35)36-26-24-30-12-7-8-14-33(30)28-36)47(34-15-3-1-4-16-34)37-27-25-32-23-22-31-13-9-10-19-38(31)39(32)29-37/h1-21,24-29H,22-23H2. The molecule has 0 saturated heterocycles. The fraction of sp³-hybridized carbons (Fsp3) is 0.0698. The molecular formula is C43H31F3N2O3S. The van der Waals surface area contributed by atoms with E-state index in [0.717, 1.165) is 40.4 Å². The number of alkyl halides is 3. The molecule has 7 aromatic rings. The van der Waals surface area contributed by atoms with Gasteiger partial charge in [0.2, 0.25) is 0 Å². The van der Waals surface area contributed by atoms with E-state index >= 15 is 0 Å². The van der Waals surface area contributed by atoms with Crippen molar-refractivity contribution < 1.29 is 25.8 Å². The van der Waals surface area contributed by atoms with Crippen molar-refractivity contribution in [1.82, 2.24) is 0 Å². The van der Waals surface area contributed by atoms with Crippen molar-refractivity contribution in [3.05, 3.63) is 175 Å². The summed E-state index contributed by atoms with van der Waals surface area (Å²) in [4.78, 5) is 3.67. The summed E-state index contributed by atoms with van der Waals surface area (Å²) < 4.78 is 72.6. The number of benzene rings is 7. The first-order valence-electron chi connectivity index (χ1n) is 16.7. The van der Waals surface area contributed by atoms with E-state index in [1.165, 1.54) is 23.3 Å². The lowest BCUT2D eigenvalue weighted by molar-refractivity contribution is -0.0499. The van der Waals surface area contributed by atoms with Gasteiger partial charge in [-0.1, -0.05) is 103 Å². The van der Waals surface area contributed by atoms with E-state index < -0.39 is 21.4 Å². The van der Waals surface area contributed by atoms with Gasteiger partial charge < -0.3 is 14.0 Å². The first-order chi connectivity index (χ1) is 25.2. The molecule has 0 fully saturated rings. The Bertz CT molecular complexity index is 2520. The molecule has 1 aliphatic carbocycles. The van der Waals surface area contributed by atoms with Crippen LogP contribution in [0.25, 0.3) is 21.9 Å². The highest BCUT2D eigenvalue weighted by molar-refractivity contribution is 7.88. The summed E-state index contributed by atoms with van der Waals surface area (Å²) in [6.07, 6.45) is 1.78. The third-order valence-corrected chi connectivity index (χ3v) is 10.2. The fourth-order valence-electron chi connectivity index (χ4n) is 6.90. The normalized spacial score (nSPS) is 12.5. The number of fused-ring (bicyclic) bond motifs is 4. The molecule has 0 saturated carbocycles. The molecule has 258 valence electrons. The summed E-state index contributed by atoms with van der Waals surface area (Å²) in [6, 6.07) is 50.9. The predicted octanol–water partition coefficient (Wildman–Crippen LogP) is 11.8. The van der Waals surface area contributed by atoms with Gasteiger partial charge in [0, 0.05) is 22.7 Å². The Balaban J connectivity index is 1.43. The summed E-state index contributed by atoms with van der Waals surface area (Å²) in [5, 5.41) is 1.85. The van der Waals surface area contributed by atoms with Gasteiger partial charge in [-0.15, -0.1) is 0 Å². The molecule has 0 aromatic heterocycles. The monoisotopic (exact) mass is 712 g/mol. The summed E-state index contributed by atoms with van der Waals surface area (Å²) in [7, 11) is -6.07. The lowest BCUT2D eigenvalue weighted by atomic mass is 9.85. The van der Waals surface area contributed by atoms with E-state index in [-0.39, 0.29) is 5.69 Å². The van der Waals surface area contributed by atoms with Gasteiger partial charge in [-0.05, 0) is 107 Å². The first kappa shape index (κ1) is 33.1. The van der Waals surface area contributed by atoms with Gasteiger partial charge in [0.15, 0.2) is 5.75 Å². The number of hydrogen-bond donors (Lipinski definition) is 0. The van der Waals surface area contributed by atoms with E-state index in [1.807, 2.05) is 126 Å². The van der Waals surface area contributed by atoms with Crippen LogP contribution in [-0.2, 0) is 23.0 Å². The maximum atomic E-state index is 14.0. The van der Waals surface area contributed by atoms with E-state index in [4.69, 9.17) is 4.18 Å². The van der Waals surface area contributed by atoms with Crippen LogP contribution in [0, 0.1) is 0 Å². The van der Waals surface area contributed by atoms with Gasteiger partial charge in [0.25, 0.3) is 0 Å². The lowest BCUT2D eigenvalue weighted by Crippen LogP contribution is -2.29. The highest BCUT2D eigenvalue weighted by Gasteiger charge is 2.49. The number of hydrogen-bond acceptors (Lipinski definition) is 5. The van der Waals surface area contributed by atoms with Gasteiger partial charge in [-0.25, -0.2) is 0 Å². The average molecular weight is 713 g/mol. The summed E-state index contributed by atoms with van der Waals surface area (Å²) in [6.45, 7) is 0. The van der Waals surface area contributed by atoms with Crippen molar-refractivity contribution >= 4 is 55.0 Å². The number of rotatable bonds is 8. The quantitative estimate of drug-likeness (QED) is 0.116. The van der Waals surface area contributed by atoms with Crippen molar-refractivity contribution in [1.29, 1.82) is 0 Å². The van der Waals surface area contributed by atoms with Crippen LogP contribution in [0.5, 0.6) is 5.75 Å². The number of anilines is 6. The van der Waals surface area contributed by atoms with Crippen molar-refractivity contribution in [3.63, 3.8) is 0 Å². The van der Waals surface area contributed by atoms with E-state index in [9.17, 15) is 21.6 Å². The summed E-state index contributed by atoms with van der Waals surface area (Å²) in [5.74, 6) is -0.490. The SMILES string of the molecule is O=S(=O)(Oc1cccc(N(c2ccccc2)c2ccc3c(c2)-c2ccccc2CC3)c1N(c1ccccc1)c1ccc2ccccc2c1)C(F)(F)F. The average Bonchev–Trinajstić information content (AvgIpc) is 3.16. The fourth-order valence-corrected chi connectivity index (χ4v) is 7.36. The minimum Gasteiger partial charge on any atom is -0.374 e. The number of aryl methyl sites for hydroxylation is 2. The van der Waals surface area contributed by atoms with E-state index in [1.54, 1.807) is 11.0 Å². The first-order valence-corrected chi connectivity index (χ1v) is 18.1. The van der Waals surface area contributed by atoms with Gasteiger partial charge in [-0.3, -0.25) is 0 Å². The molecule has 0 unspecified atom stereocenters. The van der Waals surface area contributed by atoms with Crippen LogP contribution in [0.4, 0.5) is 47.3 Å². The molecule has 8 rings (SSSR count). The summed E-state index contributed by atoms with van der Waals surface area (Å²) >= 11 is 0. The predicted molar refractivity (Wildman–Crippen MR) is 202 cm³/mol. The second-order valence-corrected chi connectivity index (χ2v) is 14.0. The van der Waals surface area contributed by atoms with Crippen LogP contribution in [0.15, 0.2) is 164 Å². The van der Waals surface area contributed by atoms with Gasteiger partial charge in [-0.2, -0.15) is 21.6 Å². The Hall–Kier alpha value is -6.06. The van der Waals surface area contributed by atoms with Crippen LogP contribution in [0.2, 0.25) is 0 Å². The Morgan fingerprint density at radius 2 is 1.08 bits per heavy atom. The number of nitrogens with zero attached hydrogens (tertiary/aromatic N) is 2. The Morgan fingerprint density at radius 3 is 1.79 bits per heavy atom. The molecule has 0 aliphatic heterocycles. The highest BCUT2D eigenvalue weighted by Crippen LogP contribution is 2.52. The molecule has 9 heteroatoms. The number of halogens is 3. The third-order valence-electron chi connectivity index (χ3n) is 9.27. The van der Waals surface area contributed by atoms with Gasteiger partial charge in [0.1, 0.15) is 5.69 Å². The van der Waals surface area contributed by atoms with Crippen LogP contribution in [0.1, 0.15) is 11.1 Å². The van der Waals surface area contributed by atoms with Gasteiger partial charge in [0.05, 0.1) is 5.69 Å². The van der Waals surface area contributed by atoms with Crippen LogP contribution >= 0.6 is 0 Å². The molecule has 0 bridgehead atoms. The third kappa shape index (κ3) is 6.13. The largest absolute Gasteiger partial charge is 0.534 e. The maximum absolute atomic E-state index is 14.0. The molecular weight excluding hydrogens is 682 g/mol. The van der Waals surface area contributed by atoms with Crippen molar-refractivity contribution in [3.8, 4) is 16.9 Å². The van der Waals surface area contributed by atoms with E-state index in [2.05, 4.69) is 24.3 Å². The molecule has 7 aromatic carbocycles. The Kier molecular flexibility index (Phi) is 8.43. The second kappa shape index (κ2) is 13.2. The number of para-hydroxylation sites is 3. The summed E-state index contributed by atoms with van der Waals surface area (Å²) in [5.41, 5.74) is 2.01. The van der Waals surface area contributed by atoms with Crippen molar-refractivity contribution in [2.24, 2.45) is 0 Å². The molecule has 52 heavy (non-hydrogen) atoms. The lowest BCUT2D eigenvalue weighted by Gasteiger charge is -2.34. The smallest absolute Gasteiger partial charge is 0.374 e. The van der Waals surface area contributed by atoms with E-state index in [0.29, 0.717) is 22.7 Å². The topological polar surface area (TPSA) is 49.9 Å².